The molecule has 2 aromatic carbocycles. The number of nitrogens with two attached hydrogens (primary N) is 1. The predicted molar refractivity (Wildman–Crippen MR) is 132 cm³/mol. The molecule has 178 valence electrons. The largest absolute Gasteiger partial charge is 0.383 e. The Morgan fingerprint density at radius 1 is 1.06 bits per heavy atom. The van der Waals surface area contributed by atoms with Gasteiger partial charge in [0.15, 0.2) is 5.69 Å². The molecule has 0 unspecified atom stereocenters. The van der Waals surface area contributed by atoms with Crippen molar-refractivity contribution in [1.29, 1.82) is 0 Å². The molecule has 1 aliphatic rings. The highest BCUT2D eigenvalue weighted by Gasteiger charge is 2.24. The number of carbonyl (C=O) groups is 1. The molecule has 1 amide bonds. The summed E-state index contributed by atoms with van der Waals surface area (Å²) in [5.74, 6) is -0.331. The third-order valence-corrected chi connectivity index (χ3v) is 6.26. The van der Waals surface area contributed by atoms with Crippen molar-refractivity contribution in [3.63, 3.8) is 0 Å². The Bertz CT molecular complexity index is 1280. The van der Waals surface area contributed by atoms with E-state index >= 15 is 0 Å². The highest BCUT2D eigenvalue weighted by Crippen LogP contribution is 2.24. The number of nitrogens with zero attached hydrogens (tertiary/aromatic N) is 2. The number of methoxy groups -OCH3 is 1. The highest BCUT2D eigenvalue weighted by molar-refractivity contribution is 5.96. The van der Waals surface area contributed by atoms with Crippen molar-refractivity contribution in [2.45, 2.75) is 38.6 Å². The van der Waals surface area contributed by atoms with Gasteiger partial charge in [0.2, 0.25) is 5.91 Å². The zero-order valence-electron chi connectivity index (χ0n) is 19.4. The number of amides is 1. The first kappa shape index (κ1) is 23.5. The van der Waals surface area contributed by atoms with Crippen LogP contribution in [0.15, 0.2) is 58.1 Å². The van der Waals surface area contributed by atoms with Crippen LogP contribution in [0, 0.1) is 0 Å². The predicted octanol–water partition coefficient (Wildman–Crippen LogP) is 2.27. The van der Waals surface area contributed by atoms with Gasteiger partial charge in [-0.25, -0.2) is 4.79 Å². The van der Waals surface area contributed by atoms with Crippen molar-refractivity contribution in [1.82, 2.24) is 9.55 Å². The number of carbonyl (C=O) groups excluding carboxylic acids is 1. The van der Waals surface area contributed by atoms with Gasteiger partial charge in [-0.15, -0.1) is 0 Å². The number of hydrogen-bond acceptors (Lipinski definition) is 5. The summed E-state index contributed by atoms with van der Waals surface area (Å²) >= 11 is 0. The first-order valence-electron chi connectivity index (χ1n) is 11.5. The van der Waals surface area contributed by atoms with Crippen LogP contribution in [0.5, 0.6) is 0 Å². The molecule has 1 heterocycles. The standard InChI is InChI=1S/C26H30N4O4/c1-34-14-13-29(22(31)16-19-11-12-20-9-5-6-10-21(20)15-19)23-24(27)30(26(33)28-25(23)32)17-18-7-3-2-4-8-18/h2-4,7-8,11-12,15H,5-6,9-10,13-14,16-17,27H2,1H3,(H,28,32,33). The number of fused-ring (bicyclic) bond motifs is 1. The zero-order chi connectivity index (χ0) is 24.1. The number of benzene rings is 2. The quantitative estimate of drug-likeness (QED) is 0.534. The number of nitrogen functional groups attached to an aromatic ring is 1. The van der Waals surface area contributed by atoms with Gasteiger partial charge >= 0.3 is 5.69 Å². The van der Waals surface area contributed by atoms with Gasteiger partial charge in [-0.1, -0.05) is 48.5 Å². The first-order chi connectivity index (χ1) is 16.5. The Balaban J connectivity index is 1.68. The number of hydrogen-bond donors (Lipinski definition) is 2. The van der Waals surface area contributed by atoms with Crippen molar-refractivity contribution in [2.24, 2.45) is 0 Å². The van der Waals surface area contributed by atoms with Gasteiger partial charge in [0, 0.05) is 13.7 Å². The van der Waals surface area contributed by atoms with Crippen LogP contribution in [-0.4, -0.2) is 35.7 Å². The monoisotopic (exact) mass is 462 g/mol. The van der Waals surface area contributed by atoms with E-state index < -0.39 is 11.2 Å². The van der Waals surface area contributed by atoms with Gasteiger partial charge in [0.05, 0.1) is 19.6 Å². The fraction of sp³-hybridized carbons (Fsp3) is 0.346. The van der Waals surface area contributed by atoms with E-state index in [9.17, 15) is 14.4 Å². The van der Waals surface area contributed by atoms with E-state index in [1.54, 1.807) is 0 Å². The minimum atomic E-state index is -0.693. The smallest absolute Gasteiger partial charge is 0.330 e. The summed E-state index contributed by atoms with van der Waals surface area (Å²) in [5.41, 5.74) is 9.35. The second-order valence-corrected chi connectivity index (χ2v) is 8.59. The zero-order valence-corrected chi connectivity index (χ0v) is 19.4. The third-order valence-electron chi connectivity index (χ3n) is 6.26. The molecular weight excluding hydrogens is 432 g/mol. The lowest BCUT2D eigenvalue weighted by Crippen LogP contribution is -2.43. The number of anilines is 2. The maximum absolute atomic E-state index is 13.4. The molecule has 1 aliphatic carbocycles. The molecule has 0 aliphatic heterocycles. The average Bonchev–Trinajstić information content (AvgIpc) is 2.84. The number of ether oxygens (including phenoxy) is 1. The number of H-pyrrole nitrogens is 1. The normalized spacial score (nSPS) is 12.9. The molecule has 0 bridgehead atoms. The van der Waals surface area contributed by atoms with Gasteiger partial charge in [-0.3, -0.25) is 19.1 Å². The lowest BCUT2D eigenvalue weighted by molar-refractivity contribution is -0.118. The minimum absolute atomic E-state index is 0.0319. The van der Waals surface area contributed by atoms with E-state index in [0.29, 0.717) is 0 Å². The molecule has 4 rings (SSSR count). The molecule has 8 nitrogen and oxygen atoms in total. The van der Waals surface area contributed by atoms with E-state index in [-0.39, 0.29) is 43.5 Å². The van der Waals surface area contributed by atoms with Crippen LogP contribution in [0.25, 0.3) is 0 Å². The van der Waals surface area contributed by atoms with E-state index in [4.69, 9.17) is 10.5 Å². The summed E-state index contributed by atoms with van der Waals surface area (Å²) in [6, 6.07) is 15.5. The maximum Gasteiger partial charge on any atom is 0.330 e. The van der Waals surface area contributed by atoms with Crippen molar-refractivity contribution < 1.29 is 9.53 Å². The molecule has 3 N–H and O–H groups in total. The van der Waals surface area contributed by atoms with Gasteiger partial charge in [-0.2, -0.15) is 0 Å². The lowest BCUT2D eigenvalue weighted by atomic mass is 9.90. The summed E-state index contributed by atoms with van der Waals surface area (Å²) in [4.78, 5) is 42.5. The summed E-state index contributed by atoms with van der Waals surface area (Å²) < 4.78 is 6.46. The van der Waals surface area contributed by atoms with Gasteiger partial charge in [0.25, 0.3) is 5.56 Å². The van der Waals surface area contributed by atoms with Crippen molar-refractivity contribution in [3.05, 3.63) is 91.6 Å². The lowest BCUT2D eigenvalue weighted by Gasteiger charge is -2.25. The van der Waals surface area contributed by atoms with Crippen LogP contribution in [-0.2, 0) is 35.3 Å². The Morgan fingerprint density at radius 2 is 1.79 bits per heavy atom. The Labute approximate surface area is 198 Å². The molecule has 1 aromatic heterocycles. The Kier molecular flexibility index (Phi) is 7.27. The minimum Gasteiger partial charge on any atom is -0.383 e. The van der Waals surface area contributed by atoms with Crippen molar-refractivity contribution in [2.75, 3.05) is 30.9 Å². The van der Waals surface area contributed by atoms with Crippen molar-refractivity contribution in [3.8, 4) is 0 Å². The number of aromatic nitrogens is 2. The summed E-state index contributed by atoms with van der Waals surface area (Å²) in [6.45, 7) is 0.524. The number of aryl methyl sites for hydroxylation is 2. The van der Waals surface area contributed by atoms with Crippen LogP contribution in [0.4, 0.5) is 11.5 Å². The summed E-state index contributed by atoms with van der Waals surface area (Å²) in [7, 11) is 1.52. The van der Waals surface area contributed by atoms with E-state index in [1.807, 2.05) is 36.4 Å². The SMILES string of the molecule is COCCN(C(=O)Cc1ccc2c(c1)CCCC2)c1c(N)n(Cc2ccccc2)c(=O)[nH]c1=O. The van der Waals surface area contributed by atoms with Crippen molar-refractivity contribution >= 4 is 17.4 Å². The molecule has 0 fully saturated rings. The highest BCUT2D eigenvalue weighted by atomic mass is 16.5. The molecule has 34 heavy (non-hydrogen) atoms. The Hall–Kier alpha value is -3.65. The number of rotatable bonds is 8. The van der Waals surface area contributed by atoms with Crippen LogP contribution in [0.2, 0.25) is 0 Å². The molecule has 0 spiro atoms. The topological polar surface area (TPSA) is 110 Å². The number of aromatic amines is 1. The van der Waals surface area contributed by atoms with Gasteiger partial charge in [0.1, 0.15) is 5.82 Å². The van der Waals surface area contributed by atoms with Gasteiger partial charge in [-0.05, 0) is 47.9 Å². The first-order valence-corrected chi connectivity index (χ1v) is 11.5. The van der Waals surface area contributed by atoms with E-state index in [1.165, 1.54) is 34.1 Å². The fourth-order valence-electron chi connectivity index (χ4n) is 4.47. The molecule has 3 aromatic rings. The summed E-state index contributed by atoms with van der Waals surface area (Å²) in [5, 5.41) is 0. The van der Waals surface area contributed by atoms with Crippen LogP contribution >= 0.6 is 0 Å². The fourth-order valence-corrected chi connectivity index (χ4v) is 4.47. The molecule has 0 atom stereocenters. The third kappa shape index (κ3) is 5.12. The molecule has 0 radical (unpaired) electrons. The second kappa shape index (κ2) is 10.5. The summed E-state index contributed by atoms with van der Waals surface area (Å²) in [6.07, 6.45) is 4.55. The second-order valence-electron chi connectivity index (χ2n) is 8.59. The Morgan fingerprint density at radius 3 is 2.53 bits per heavy atom. The molecule has 0 saturated heterocycles. The molecule has 8 heteroatoms. The number of nitrogens with one attached hydrogen (secondary N) is 1. The maximum atomic E-state index is 13.4. The van der Waals surface area contributed by atoms with Crippen LogP contribution in [0.3, 0.4) is 0 Å². The van der Waals surface area contributed by atoms with E-state index in [2.05, 4.69) is 17.1 Å². The molecule has 0 saturated carbocycles. The average molecular weight is 463 g/mol. The van der Waals surface area contributed by atoms with Crippen LogP contribution < -0.4 is 21.9 Å². The molecular formula is C26H30N4O4. The van der Waals surface area contributed by atoms with Gasteiger partial charge < -0.3 is 15.4 Å². The van der Waals surface area contributed by atoms with Crippen LogP contribution in [0.1, 0.15) is 35.1 Å². The van der Waals surface area contributed by atoms with E-state index in [0.717, 1.165) is 30.4 Å².